The fourth-order valence-corrected chi connectivity index (χ4v) is 2.71. The molecule has 4 nitrogen and oxygen atoms in total. The molecule has 2 aromatic heterocycles. The highest BCUT2D eigenvalue weighted by atomic mass is 35.5. The average molecular weight is 299 g/mol. The molecule has 2 heterocycles. The predicted molar refractivity (Wildman–Crippen MR) is 83.4 cm³/mol. The SMILES string of the molecule is Cc1cc2c(NCC(C)(C)N(C)C)nc(Cl)nc2s1. The van der Waals surface area contributed by atoms with Crippen LogP contribution in [-0.4, -0.2) is 41.0 Å². The number of nitrogens with zero attached hydrogens (tertiary/aromatic N) is 3. The Labute approximate surface area is 122 Å². The zero-order valence-corrected chi connectivity index (χ0v) is 13.5. The van der Waals surface area contributed by atoms with E-state index in [-0.39, 0.29) is 5.54 Å². The molecule has 104 valence electrons. The normalized spacial score (nSPS) is 12.4. The minimum absolute atomic E-state index is 0.0365. The van der Waals surface area contributed by atoms with E-state index in [1.165, 1.54) is 4.88 Å². The number of hydrogen-bond acceptors (Lipinski definition) is 5. The van der Waals surface area contributed by atoms with Crippen LogP contribution in [0.2, 0.25) is 5.28 Å². The van der Waals surface area contributed by atoms with Gasteiger partial charge in [-0.1, -0.05) is 0 Å². The van der Waals surface area contributed by atoms with Crippen molar-refractivity contribution < 1.29 is 0 Å². The minimum atomic E-state index is 0.0365. The van der Waals surface area contributed by atoms with E-state index in [9.17, 15) is 0 Å². The highest BCUT2D eigenvalue weighted by Gasteiger charge is 2.21. The molecular formula is C13H19ClN4S. The van der Waals surface area contributed by atoms with E-state index < -0.39 is 0 Å². The molecule has 0 amide bonds. The van der Waals surface area contributed by atoms with Crippen LogP contribution in [0.15, 0.2) is 6.07 Å². The van der Waals surface area contributed by atoms with Crippen molar-refractivity contribution in [1.82, 2.24) is 14.9 Å². The molecule has 6 heteroatoms. The van der Waals surface area contributed by atoms with Gasteiger partial charge in [-0.25, -0.2) is 9.97 Å². The summed E-state index contributed by atoms with van der Waals surface area (Å²) >= 11 is 7.61. The molecule has 0 spiro atoms. The monoisotopic (exact) mass is 298 g/mol. The Balaban J connectivity index is 2.30. The molecule has 19 heavy (non-hydrogen) atoms. The highest BCUT2D eigenvalue weighted by Crippen LogP contribution is 2.29. The van der Waals surface area contributed by atoms with Crippen LogP contribution in [0.5, 0.6) is 0 Å². The molecule has 0 radical (unpaired) electrons. The summed E-state index contributed by atoms with van der Waals surface area (Å²) in [6, 6.07) is 2.10. The van der Waals surface area contributed by atoms with Crippen molar-refractivity contribution in [3.8, 4) is 0 Å². The van der Waals surface area contributed by atoms with Crippen molar-refractivity contribution in [3.63, 3.8) is 0 Å². The number of halogens is 1. The summed E-state index contributed by atoms with van der Waals surface area (Å²) in [5, 5.41) is 4.73. The summed E-state index contributed by atoms with van der Waals surface area (Å²) in [5.41, 5.74) is 0.0365. The van der Waals surface area contributed by atoms with Gasteiger partial charge in [0.1, 0.15) is 10.6 Å². The summed E-state index contributed by atoms with van der Waals surface area (Å²) in [7, 11) is 4.14. The first-order chi connectivity index (χ1) is 8.79. The van der Waals surface area contributed by atoms with Gasteiger partial charge in [0.25, 0.3) is 0 Å². The van der Waals surface area contributed by atoms with Crippen LogP contribution in [0.25, 0.3) is 10.2 Å². The molecule has 0 saturated heterocycles. The summed E-state index contributed by atoms with van der Waals surface area (Å²) in [6.45, 7) is 7.21. The first-order valence-electron chi connectivity index (χ1n) is 6.14. The van der Waals surface area contributed by atoms with E-state index >= 15 is 0 Å². The quantitative estimate of drug-likeness (QED) is 0.878. The first-order valence-corrected chi connectivity index (χ1v) is 7.34. The topological polar surface area (TPSA) is 41.0 Å². The van der Waals surface area contributed by atoms with Gasteiger partial charge in [0.2, 0.25) is 5.28 Å². The molecule has 0 bridgehead atoms. The molecule has 2 rings (SSSR count). The molecule has 0 aliphatic carbocycles. The lowest BCUT2D eigenvalue weighted by Gasteiger charge is -2.32. The number of hydrogen-bond donors (Lipinski definition) is 1. The number of nitrogens with one attached hydrogen (secondary N) is 1. The van der Waals surface area contributed by atoms with Crippen LogP contribution in [0.4, 0.5) is 5.82 Å². The maximum atomic E-state index is 5.98. The zero-order chi connectivity index (χ0) is 14.2. The number of likely N-dealkylation sites (N-methyl/N-ethyl adjacent to an activating group) is 1. The number of rotatable bonds is 4. The first kappa shape index (κ1) is 14.5. The lowest BCUT2D eigenvalue weighted by Crippen LogP contribution is -2.44. The number of aryl methyl sites for hydroxylation is 1. The van der Waals surface area contributed by atoms with E-state index in [1.54, 1.807) is 11.3 Å². The van der Waals surface area contributed by atoms with Gasteiger partial charge in [0.15, 0.2) is 0 Å². The Morgan fingerprint density at radius 2 is 2.05 bits per heavy atom. The summed E-state index contributed by atoms with van der Waals surface area (Å²) in [4.78, 5) is 12.9. The third-order valence-corrected chi connectivity index (χ3v) is 4.50. The standard InChI is InChI=1S/C13H19ClN4S/c1-8-6-9-10(15-7-13(2,3)18(4)5)16-12(14)17-11(9)19-8/h6H,7H2,1-5H3,(H,15,16,17). The van der Waals surface area contributed by atoms with E-state index in [1.807, 2.05) is 0 Å². The van der Waals surface area contributed by atoms with Crippen molar-refractivity contribution in [2.45, 2.75) is 26.3 Å². The molecule has 0 aliphatic rings. The van der Waals surface area contributed by atoms with Gasteiger partial charge in [-0.15, -0.1) is 11.3 Å². The second-order valence-electron chi connectivity index (χ2n) is 5.48. The van der Waals surface area contributed by atoms with Crippen LogP contribution in [0.1, 0.15) is 18.7 Å². The third-order valence-electron chi connectivity index (χ3n) is 3.39. The summed E-state index contributed by atoms with van der Waals surface area (Å²) in [5.74, 6) is 0.814. The van der Waals surface area contributed by atoms with Crippen LogP contribution >= 0.6 is 22.9 Å². The van der Waals surface area contributed by atoms with Gasteiger partial charge in [-0.2, -0.15) is 0 Å². The number of aromatic nitrogens is 2. The number of fused-ring (bicyclic) bond motifs is 1. The summed E-state index contributed by atoms with van der Waals surface area (Å²) in [6.07, 6.45) is 0. The Morgan fingerprint density at radius 3 is 2.68 bits per heavy atom. The Hall–Kier alpha value is -0.910. The lowest BCUT2D eigenvalue weighted by molar-refractivity contribution is 0.210. The maximum Gasteiger partial charge on any atom is 0.225 e. The van der Waals surface area contributed by atoms with Crippen molar-refractivity contribution >= 4 is 39.0 Å². The molecule has 0 unspecified atom stereocenters. The van der Waals surface area contributed by atoms with Gasteiger partial charge in [-0.05, 0) is 52.5 Å². The minimum Gasteiger partial charge on any atom is -0.368 e. The van der Waals surface area contributed by atoms with Crippen molar-refractivity contribution in [2.24, 2.45) is 0 Å². The molecule has 0 saturated carbocycles. The van der Waals surface area contributed by atoms with Gasteiger partial charge < -0.3 is 10.2 Å². The van der Waals surface area contributed by atoms with Crippen LogP contribution < -0.4 is 5.32 Å². The third kappa shape index (κ3) is 3.16. The van der Waals surface area contributed by atoms with E-state index in [2.05, 4.69) is 61.1 Å². The predicted octanol–water partition coefficient (Wildman–Crippen LogP) is 3.41. The lowest BCUT2D eigenvalue weighted by atomic mass is 10.0. The molecule has 0 aliphatic heterocycles. The average Bonchev–Trinajstić information content (AvgIpc) is 2.66. The number of thiophene rings is 1. The zero-order valence-electron chi connectivity index (χ0n) is 11.9. The molecule has 0 atom stereocenters. The molecule has 1 N–H and O–H groups in total. The maximum absolute atomic E-state index is 5.98. The van der Waals surface area contributed by atoms with Crippen LogP contribution in [-0.2, 0) is 0 Å². The van der Waals surface area contributed by atoms with Gasteiger partial charge in [-0.3, -0.25) is 0 Å². The second-order valence-corrected chi connectivity index (χ2v) is 7.05. The van der Waals surface area contributed by atoms with Gasteiger partial charge in [0.05, 0.1) is 5.39 Å². The summed E-state index contributed by atoms with van der Waals surface area (Å²) < 4.78 is 0. The molecule has 0 fully saturated rings. The van der Waals surface area contributed by atoms with Crippen LogP contribution in [0.3, 0.4) is 0 Å². The fraction of sp³-hybridized carbons (Fsp3) is 0.538. The van der Waals surface area contributed by atoms with E-state index in [4.69, 9.17) is 11.6 Å². The Morgan fingerprint density at radius 1 is 1.37 bits per heavy atom. The number of anilines is 1. The fourth-order valence-electron chi connectivity index (χ4n) is 1.61. The smallest absolute Gasteiger partial charge is 0.225 e. The van der Waals surface area contributed by atoms with Crippen molar-refractivity contribution in [1.29, 1.82) is 0 Å². The highest BCUT2D eigenvalue weighted by molar-refractivity contribution is 7.18. The van der Waals surface area contributed by atoms with Crippen molar-refractivity contribution in [2.75, 3.05) is 26.0 Å². The largest absolute Gasteiger partial charge is 0.368 e. The van der Waals surface area contributed by atoms with E-state index in [0.717, 1.165) is 22.6 Å². The molecule has 0 aromatic carbocycles. The Kier molecular flexibility index (Phi) is 3.99. The molecular weight excluding hydrogens is 280 g/mol. The Bertz CT molecular complexity index is 592. The van der Waals surface area contributed by atoms with Gasteiger partial charge in [0, 0.05) is 17.0 Å². The second kappa shape index (κ2) is 5.23. The molecule has 2 aromatic rings. The van der Waals surface area contributed by atoms with Crippen molar-refractivity contribution in [3.05, 3.63) is 16.2 Å². The van der Waals surface area contributed by atoms with Gasteiger partial charge >= 0.3 is 0 Å². The van der Waals surface area contributed by atoms with Crippen LogP contribution in [0, 0.1) is 6.92 Å². The van der Waals surface area contributed by atoms with E-state index in [0.29, 0.717) is 5.28 Å².